The zero-order chi connectivity index (χ0) is 14.0. The van der Waals surface area contributed by atoms with E-state index in [2.05, 4.69) is 0 Å². The summed E-state index contributed by atoms with van der Waals surface area (Å²) >= 11 is 5.68. The number of piperidine rings is 1. The number of hydrogen-bond donors (Lipinski definition) is 0. The first-order chi connectivity index (χ1) is 8.93. The third-order valence-electron chi connectivity index (χ3n) is 3.07. The monoisotopic (exact) mass is 304 g/mol. The quantitative estimate of drug-likeness (QED) is 0.634. The molecule has 0 amide bonds. The van der Waals surface area contributed by atoms with Crippen molar-refractivity contribution in [3.8, 4) is 0 Å². The summed E-state index contributed by atoms with van der Waals surface area (Å²) in [5, 5.41) is 10.7. The molecule has 1 aromatic rings. The van der Waals surface area contributed by atoms with E-state index in [4.69, 9.17) is 11.6 Å². The molecule has 0 saturated carbocycles. The lowest BCUT2D eigenvalue weighted by Crippen LogP contribution is -2.35. The lowest BCUT2D eigenvalue weighted by atomic mass is 10.2. The van der Waals surface area contributed by atoms with Crippen LogP contribution in [0.2, 0.25) is 5.02 Å². The van der Waals surface area contributed by atoms with Crippen molar-refractivity contribution < 1.29 is 13.3 Å². The van der Waals surface area contributed by atoms with Crippen molar-refractivity contribution in [2.45, 2.75) is 24.2 Å². The van der Waals surface area contributed by atoms with Gasteiger partial charge in [0.1, 0.15) is 5.02 Å². The fraction of sp³-hybridized carbons (Fsp3) is 0.455. The number of halogens is 1. The number of nitrogens with zero attached hydrogens (tertiary/aromatic N) is 2. The van der Waals surface area contributed by atoms with Crippen LogP contribution in [0.1, 0.15) is 19.3 Å². The SMILES string of the molecule is O=[N+]([O-])c1cc(S(=O)(=O)N2CCCCC2)ccc1Cl. The zero-order valence-corrected chi connectivity index (χ0v) is 11.7. The lowest BCUT2D eigenvalue weighted by molar-refractivity contribution is -0.384. The van der Waals surface area contributed by atoms with E-state index in [0.29, 0.717) is 13.1 Å². The van der Waals surface area contributed by atoms with E-state index < -0.39 is 14.9 Å². The van der Waals surface area contributed by atoms with Crippen LogP contribution >= 0.6 is 11.6 Å². The van der Waals surface area contributed by atoms with Crippen LogP contribution in [0.4, 0.5) is 5.69 Å². The minimum absolute atomic E-state index is 0.0670. The molecule has 1 heterocycles. The number of nitro groups is 1. The summed E-state index contributed by atoms with van der Waals surface area (Å²) in [5.41, 5.74) is -0.389. The standard InChI is InChI=1S/C11H13ClN2O4S/c12-10-5-4-9(8-11(10)14(15)16)19(17,18)13-6-2-1-3-7-13/h4-5,8H,1-3,6-7H2. The van der Waals surface area contributed by atoms with Gasteiger partial charge in [-0.05, 0) is 25.0 Å². The molecule has 1 aliphatic rings. The third-order valence-corrected chi connectivity index (χ3v) is 5.28. The predicted octanol–water partition coefficient (Wildman–Crippen LogP) is 2.42. The Kier molecular flexibility index (Phi) is 4.07. The lowest BCUT2D eigenvalue weighted by Gasteiger charge is -2.25. The van der Waals surface area contributed by atoms with Gasteiger partial charge in [0.25, 0.3) is 5.69 Å². The number of hydrogen-bond acceptors (Lipinski definition) is 4. The third kappa shape index (κ3) is 2.88. The Morgan fingerprint density at radius 2 is 1.84 bits per heavy atom. The Morgan fingerprint density at radius 3 is 2.42 bits per heavy atom. The molecule has 1 fully saturated rings. The smallest absolute Gasteiger partial charge is 0.258 e. The van der Waals surface area contributed by atoms with Gasteiger partial charge in [0.2, 0.25) is 10.0 Å². The van der Waals surface area contributed by atoms with Crippen LogP contribution in [0.3, 0.4) is 0 Å². The highest BCUT2D eigenvalue weighted by Crippen LogP contribution is 2.29. The molecule has 0 bridgehead atoms. The highest BCUT2D eigenvalue weighted by molar-refractivity contribution is 7.89. The molecule has 0 atom stereocenters. The van der Waals surface area contributed by atoms with Crippen molar-refractivity contribution in [2.24, 2.45) is 0 Å². The number of sulfonamides is 1. The molecule has 0 N–H and O–H groups in total. The first kappa shape index (κ1) is 14.2. The van der Waals surface area contributed by atoms with Crippen LogP contribution < -0.4 is 0 Å². The van der Waals surface area contributed by atoms with E-state index in [1.54, 1.807) is 0 Å². The summed E-state index contributed by atoms with van der Waals surface area (Å²) in [6.45, 7) is 0.914. The van der Waals surface area contributed by atoms with Crippen LogP contribution in [0.15, 0.2) is 23.1 Å². The fourth-order valence-electron chi connectivity index (χ4n) is 2.05. The molecule has 6 nitrogen and oxygen atoms in total. The molecule has 0 aliphatic carbocycles. The molecule has 1 saturated heterocycles. The normalized spacial score (nSPS) is 17.3. The van der Waals surface area contributed by atoms with Gasteiger partial charge >= 0.3 is 0 Å². The van der Waals surface area contributed by atoms with Gasteiger partial charge in [-0.15, -0.1) is 0 Å². The second-order valence-electron chi connectivity index (χ2n) is 4.34. The van der Waals surface area contributed by atoms with Crippen LogP contribution in [-0.4, -0.2) is 30.7 Å². The second-order valence-corrected chi connectivity index (χ2v) is 6.68. The highest BCUT2D eigenvalue weighted by Gasteiger charge is 2.28. The molecule has 0 unspecified atom stereocenters. The highest BCUT2D eigenvalue weighted by atomic mass is 35.5. The van der Waals surface area contributed by atoms with Gasteiger partial charge < -0.3 is 0 Å². The minimum atomic E-state index is -3.66. The van der Waals surface area contributed by atoms with Crippen molar-refractivity contribution in [1.29, 1.82) is 0 Å². The van der Waals surface area contributed by atoms with Crippen molar-refractivity contribution in [2.75, 3.05) is 13.1 Å². The summed E-state index contributed by atoms with van der Waals surface area (Å²) in [5.74, 6) is 0. The molecule has 1 aromatic carbocycles. The van der Waals surface area contributed by atoms with Gasteiger partial charge in [0.15, 0.2) is 0 Å². The van der Waals surface area contributed by atoms with Gasteiger partial charge in [-0.1, -0.05) is 18.0 Å². The maximum absolute atomic E-state index is 12.3. The van der Waals surface area contributed by atoms with Crippen LogP contribution in [0.25, 0.3) is 0 Å². The van der Waals surface area contributed by atoms with E-state index in [1.165, 1.54) is 16.4 Å². The minimum Gasteiger partial charge on any atom is -0.258 e. The molecule has 1 aliphatic heterocycles. The summed E-state index contributed by atoms with van der Waals surface area (Å²) in [6, 6.07) is 3.57. The molecule has 2 rings (SSSR count). The first-order valence-electron chi connectivity index (χ1n) is 5.87. The zero-order valence-electron chi connectivity index (χ0n) is 10.1. The first-order valence-corrected chi connectivity index (χ1v) is 7.69. The van der Waals surface area contributed by atoms with Gasteiger partial charge in [-0.2, -0.15) is 4.31 Å². The van der Waals surface area contributed by atoms with E-state index in [9.17, 15) is 18.5 Å². The summed E-state index contributed by atoms with van der Waals surface area (Å²) in [4.78, 5) is 10.0. The van der Waals surface area contributed by atoms with E-state index in [1.807, 2.05) is 0 Å². The van der Waals surface area contributed by atoms with E-state index >= 15 is 0 Å². The number of nitro benzene ring substituents is 1. The van der Waals surface area contributed by atoms with Crippen molar-refractivity contribution in [3.05, 3.63) is 33.3 Å². The second kappa shape index (κ2) is 5.44. The molecule has 0 aromatic heterocycles. The Balaban J connectivity index is 2.40. The van der Waals surface area contributed by atoms with Crippen molar-refractivity contribution in [1.82, 2.24) is 4.31 Å². The Hall–Kier alpha value is -1.18. The number of benzene rings is 1. The molecule has 0 radical (unpaired) electrons. The van der Waals surface area contributed by atoms with E-state index in [-0.39, 0.29) is 15.6 Å². The van der Waals surface area contributed by atoms with Crippen molar-refractivity contribution >= 4 is 27.3 Å². The molecule has 0 spiro atoms. The molecule has 104 valence electrons. The molecular formula is C11H13ClN2O4S. The van der Waals surface area contributed by atoms with Crippen molar-refractivity contribution in [3.63, 3.8) is 0 Å². The Labute approximate surface area is 116 Å². The van der Waals surface area contributed by atoms with Gasteiger partial charge in [-0.3, -0.25) is 10.1 Å². The predicted molar refractivity (Wildman–Crippen MR) is 70.7 cm³/mol. The number of rotatable bonds is 3. The average Bonchev–Trinajstić information content (AvgIpc) is 2.39. The topological polar surface area (TPSA) is 80.5 Å². The van der Waals surface area contributed by atoms with Crippen LogP contribution in [0.5, 0.6) is 0 Å². The van der Waals surface area contributed by atoms with Crippen LogP contribution in [0, 0.1) is 10.1 Å². The molecule has 8 heteroatoms. The van der Waals surface area contributed by atoms with Gasteiger partial charge in [-0.25, -0.2) is 8.42 Å². The van der Waals surface area contributed by atoms with Crippen LogP contribution in [-0.2, 0) is 10.0 Å². The Bertz CT molecular complexity index is 597. The summed E-state index contributed by atoms with van der Waals surface area (Å²) < 4.78 is 26.0. The molecule has 19 heavy (non-hydrogen) atoms. The van der Waals surface area contributed by atoms with Gasteiger partial charge in [0, 0.05) is 19.2 Å². The fourth-order valence-corrected chi connectivity index (χ4v) is 3.77. The molecular weight excluding hydrogens is 292 g/mol. The largest absolute Gasteiger partial charge is 0.289 e. The maximum atomic E-state index is 12.3. The maximum Gasteiger partial charge on any atom is 0.289 e. The van der Waals surface area contributed by atoms with E-state index in [0.717, 1.165) is 25.3 Å². The summed E-state index contributed by atoms with van der Waals surface area (Å²) in [7, 11) is -3.66. The van der Waals surface area contributed by atoms with Gasteiger partial charge in [0.05, 0.1) is 9.82 Å². The summed E-state index contributed by atoms with van der Waals surface area (Å²) in [6.07, 6.45) is 2.64. The Morgan fingerprint density at radius 1 is 1.21 bits per heavy atom. The average molecular weight is 305 g/mol.